The number of methoxy groups -OCH3 is 1. The molecule has 0 N–H and O–H groups in total. The number of anilines is 2. The lowest BCUT2D eigenvalue weighted by Crippen LogP contribution is -2.43. The Morgan fingerprint density at radius 1 is 0.932 bits per heavy atom. The summed E-state index contributed by atoms with van der Waals surface area (Å²) in [6, 6.07) is 16.0. The van der Waals surface area contributed by atoms with Gasteiger partial charge in [0.2, 0.25) is 5.88 Å². The summed E-state index contributed by atoms with van der Waals surface area (Å²) >= 11 is 0. The number of rotatable bonds is 11. The highest BCUT2D eigenvalue weighted by atomic mass is 28.3. The molecule has 0 radical (unpaired) electrons. The number of alkyl halides is 1. The maximum absolute atomic E-state index is 17.8. The molecule has 9 nitrogen and oxygen atoms in total. The number of pyridine rings is 1. The molecule has 2 saturated heterocycles. The van der Waals surface area contributed by atoms with Crippen LogP contribution in [-0.2, 0) is 4.74 Å². The maximum Gasteiger partial charge on any atom is 0.319 e. The standard InChI is InChI=1S/C46H52F3N5O4Si/c1-28(2)59(29(3)4,30(5)6)21-16-35-37(48)15-14-31-22-34(58-27-55-7)23-36(38(31)35)41-40(49)42-39-43(54(19-20-56-44(39)50-41)33-12-9-8-10-13-33)52-45(51-42)57-26-46-17-11-18-53(46)25-32(47)24-46/h8-10,12-15,22-23,28-30,32H,11,17-20,24-27H2,1-7H3/t32-,46+/m1/s1. The van der Waals surface area contributed by atoms with Crippen molar-refractivity contribution >= 4 is 41.3 Å². The van der Waals surface area contributed by atoms with Crippen LogP contribution in [0.1, 0.15) is 66.4 Å². The zero-order valence-corrected chi connectivity index (χ0v) is 35.9. The maximum atomic E-state index is 17.8. The lowest BCUT2D eigenvalue weighted by molar-refractivity contribution is 0.0512. The molecule has 2 atom stereocenters. The second kappa shape index (κ2) is 16.3. The van der Waals surface area contributed by atoms with E-state index in [-0.39, 0.29) is 59.6 Å². The second-order valence-electron chi connectivity index (χ2n) is 17.0. The lowest BCUT2D eigenvalue weighted by Gasteiger charge is -2.38. The average molecular weight is 824 g/mol. The van der Waals surface area contributed by atoms with Gasteiger partial charge in [0.25, 0.3) is 0 Å². The third-order valence-corrected chi connectivity index (χ3v) is 19.0. The van der Waals surface area contributed by atoms with Crippen molar-refractivity contribution in [2.45, 2.75) is 89.1 Å². The Labute approximate surface area is 345 Å². The van der Waals surface area contributed by atoms with Gasteiger partial charge in [0.15, 0.2) is 18.4 Å². The van der Waals surface area contributed by atoms with E-state index in [0.717, 1.165) is 25.1 Å². The predicted molar refractivity (Wildman–Crippen MR) is 228 cm³/mol. The van der Waals surface area contributed by atoms with Gasteiger partial charge in [-0.3, -0.25) is 4.90 Å². The van der Waals surface area contributed by atoms with E-state index in [1.807, 2.05) is 35.2 Å². The minimum atomic E-state index is -2.32. The molecule has 0 amide bonds. The summed E-state index contributed by atoms with van der Waals surface area (Å²) in [7, 11) is -0.810. The fraction of sp³-hybridized carbons (Fsp3) is 0.457. The van der Waals surface area contributed by atoms with Gasteiger partial charge in [-0.25, -0.2) is 18.2 Å². The smallest absolute Gasteiger partial charge is 0.319 e. The molecule has 0 aliphatic carbocycles. The van der Waals surface area contributed by atoms with E-state index in [4.69, 9.17) is 33.9 Å². The zero-order valence-electron chi connectivity index (χ0n) is 34.9. The van der Waals surface area contributed by atoms with Crippen LogP contribution in [0.25, 0.3) is 32.9 Å². The molecular formula is C46H52F3N5O4Si. The Morgan fingerprint density at radius 2 is 1.69 bits per heavy atom. The minimum Gasteiger partial charge on any atom is -0.475 e. The highest BCUT2D eigenvalue weighted by Crippen LogP contribution is 2.46. The van der Waals surface area contributed by atoms with E-state index in [2.05, 4.69) is 57.9 Å². The molecule has 5 aromatic rings. The number of halogens is 3. The third-order valence-electron chi connectivity index (χ3n) is 12.7. The summed E-state index contributed by atoms with van der Waals surface area (Å²) in [6.45, 7) is 15.0. The molecule has 59 heavy (non-hydrogen) atoms. The van der Waals surface area contributed by atoms with Crippen LogP contribution in [0.2, 0.25) is 16.6 Å². The Balaban J connectivity index is 1.37. The van der Waals surface area contributed by atoms with Gasteiger partial charge in [0.05, 0.1) is 17.6 Å². The first-order valence-corrected chi connectivity index (χ1v) is 22.9. The molecule has 3 aliphatic heterocycles. The van der Waals surface area contributed by atoms with Crippen molar-refractivity contribution in [2.75, 3.05) is 51.7 Å². The first-order valence-electron chi connectivity index (χ1n) is 20.7. The Hall–Kier alpha value is -4.90. The molecule has 2 aromatic heterocycles. The van der Waals surface area contributed by atoms with Crippen LogP contribution in [0.4, 0.5) is 24.7 Å². The van der Waals surface area contributed by atoms with Crippen molar-refractivity contribution in [3.05, 3.63) is 71.8 Å². The molecule has 3 aromatic carbocycles. The molecule has 0 bridgehead atoms. The molecule has 3 aliphatic rings. The van der Waals surface area contributed by atoms with Crippen molar-refractivity contribution in [3.63, 3.8) is 0 Å². The van der Waals surface area contributed by atoms with Crippen LogP contribution in [0.5, 0.6) is 17.6 Å². The van der Waals surface area contributed by atoms with Crippen LogP contribution >= 0.6 is 0 Å². The second-order valence-corrected chi connectivity index (χ2v) is 22.6. The summed E-state index contributed by atoms with van der Waals surface area (Å²) in [4.78, 5) is 18.6. The zero-order chi connectivity index (χ0) is 41.6. The van der Waals surface area contributed by atoms with E-state index < -0.39 is 31.4 Å². The SMILES string of the molecule is COCOc1cc(-c2nc3c4c(nc(OC[C@@]56CCCN5C[C@H](F)C6)nc4c2F)N(c2ccccc2)CCO3)c2c(C#C[Si](C(C)C)(C(C)C)C(C)C)c(F)ccc2c1. The highest BCUT2D eigenvalue weighted by molar-refractivity contribution is 6.90. The first kappa shape index (κ1) is 40.9. The topological polar surface area (TPSA) is 82.1 Å². The summed E-state index contributed by atoms with van der Waals surface area (Å²) < 4.78 is 72.8. The van der Waals surface area contributed by atoms with E-state index in [9.17, 15) is 4.39 Å². The molecule has 310 valence electrons. The van der Waals surface area contributed by atoms with Crippen molar-refractivity contribution in [1.82, 2.24) is 19.9 Å². The first-order chi connectivity index (χ1) is 28.4. The molecule has 13 heteroatoms. The number of fused-ring (bicyclic) bond motifs is 2. The van der Waals surface area contributed by atoms with Crippen molar-refractivity contribution in [1.29, 1.82) is 0 Å². The number of nitrogens with zero attached hydrogens (tertiary/aromatic N) is 5. The normalized spacial score (nSPS) is 19.3. The molecular weight excluding hydrogens is 772 g/mol. The lowest BCUT2D eigenvalue weighted by atomic mass is 9.95. The Bertz CT molecular complexity index is 2420. The van der Waals surface area contributed by atoms with Crippen molar-refractivity contribution < 1.29 is 32.1 Å². The quantitative estimate of drug-likeness (QED) is 0.0735. The number of hydrogen-bond donors (Lipinski definition) is 0. The summed E-state index contributed by atoms with van der Waals surface area (Å²) in [5.41, 5.74) is 5.15. The van der Waals surface area contributed by atoms with Gasteiger partial charge in [-0.1, -0.05) is 71.7 Å². The van der Waals surface area contributed by atoms with Crippen LogP contribution in [-0.4, -0.2) is 86.4 Å². The van der Waals surface area contributed by atoms with Gasteiger partial charge in [-0.2, -0.15) is 9.97 Å². The minimum absolute atomic E-state index is 0.0437. The number of para-hydroxylation sites is 1. The Morgan fingerprint density at radius 3 is 2.42 bits per heavy atom. The molecule has 0 unspecified atom stereocenters. The van der Waals surface area contributed by atoms with Crippen LogP contribution in [0.15, 0.2) is 54.6 Å². The molecule has 0 spiro atoms. The number of aromatic nitrogens is 3. The fourth-order valence-electron chi connectivity index (χ4n) is 10.0. The molecule has 0 saturated carbocycles. The molecule has 2 fully saturated rings. The Kier molecular flexibility index (Phi) is 11.3. The van der Waals surface area contributed by atoms with Gasteiger partial charge in [-0.05, 0) is 71.7 Å². The summed E-state index contributed by atoms with van der Waals surface area (Å²) in [6.07, 6.45) is 1.14. The van der Waals surface area contributed by atoms with E-state index in [1.54, 1.807) is 18.2 Å². The summed E-state index contributed by atoms with van der Waals surface area (Å²) in [5, 5.41) is 1.25. The van der Waals surface area contributed by atoms with E-state index in [0.29, 0.717) is 58.5 Å². The van der Waals surface area contributed by atoms with Crippen molar-refractivity contribution in [2.24, 2.45) is 0 Å². The van der Waals surface area contributed by atoms with Gasteiger partial charge < -0.3 is 23.8 Å². The average Bonchev–Trinajstić information content (AvgIpc) is 3.67. The third kappa shape index (κ3) is 7.27. The number of ether oxygens (including phenoxy) is 4. The van der Waals surface area contributed by atoms with Gasteiger partial charge >= 0.3 is 6.01 Å². The largest absolute Gasteiger partial charge is 0.475 e. The predicted octanol–water partition coefficient (Wildman–Crippen LogP) is 10.2. The van der Waals surface area contributed by atoms with Gasteiger partial charge in [0.1, 0.15) is 55.6 Å². The summed E-state index contributed by atoms with van der Waals surface area (Å²) in [5.74, 6) is 2.90. The van der Waals surface area contributed by atoms with Crippen molar-refractivity contribution in [3.8, 4) is 40.4 Å². The van der Waals surface area contributed by atoms with Crippen LogP contribution < -0.4 is 19.1 Å². The fourth-order valence-corrected chi connectivity index (χ4v) is 15.2. The molecule has 5 heterocycles. The van der Waals surface area contributed by atoms with Gasteiger partial charge in [-0.15, -0.1) is 5.54 Å². The molecule has 8 rings (SSSR count). The highest BCUT2D eigenvalue weighted by Gasteiger charge is 2.49. The van der Waals surface area contributed by atoms with Crippen LogP contribution in [0, 0.1) is 23.1 Å². The number of benzene rings is 3. The number of hydrogen-bond acceptors (Lipinski definition) is 9. The van der Waals surface area contributed by atoms with Crippen LogP contribution in [0.3, 0.4) is 0 Å². The van der Waals surface area contributed by atoms with E-state index in [1.165, 1.54) is 13.2 Å². The van der Waals surface area contributed by atoms with Gasteiger partial charge in [0, 0.05) is 36.7 Å². The van der Waals surface area contributed by atoms with E-state index >= 15 is 8.78 Å². The monoisotopic (exact) mass is 823 g/mol.